The average Bonchev–Trinajstić information content (AvgIpc) is 3.03. The lowest BCUT2D eigenvalue weighted by atomic mass is 9.31. The molecule has 9 atom stereocenters. The van der Waals surface area contributed by atoms with E-state index in [4.69, 9.17) is 0 Å². The lowest BCUT2D eigenvalue weighted by molar-refractivity contribution is -0.219. The number of rotatable bonds is 1. The van der Waals surface area contributed by atoms with Gasteiger partial charge in [-0.05, 0) is 103 Å². The van der Waals surface area contributed by atoms with Crippen molar-refractivity contribution in [3.8, 4) is 0 Å². The highest BCUT2D eigenvalue weighted by Gasteiger charge is 2.76. The fraction of sp³-hybridized carbons (Fsp3) is 0.920. The third-order valence-corrected chi connectivity index (χ3v) is 11.1. The Morgan fingerprint density at radius 2 is 1.80 bits per heavy atom. The Balaban J connectivity index is 1.65. The molecule has 0 N–H and O–H groups in total. The van der Waals surface area contributed by atoms with E-state index < -0.39 is 0 Å². The Labute approximate surface area is 156 Å². The number of allylic oxidation sites excluding steroid dienone is 2. The van der Waals surface area contributed by atoms with Gasteiger partial charge in [0.2, 0.25) is 0 Å². The molecule has 0 aromatic heterocycles. The van der Waals surface area contributed by atoms with Crippen LogP contribution in [0.15, 0.2) is 11.6 Å². The van der Waals surface area contributed by atoms with Crippen LogP contribution in [0.3, 0.4) is 0 Å². The molecule has 0 heterocycles. The molecule has 6 rings (SSSR count). The second-order valence-corrected chi connectivity index (χ2v) is 11.7. The summed E-state index contributed by atoms with van der Waals surface area (Å²) in [5.41, 5.74) is 3.69. The standard InChI is InChI=1S/C25H40/c1-15(2)20-10-8-19-13-25-17(4)7-9-21-16(3)11-12-24(21,18(25)5)22(25)14-23(19,20)6/h13,15-18,20-22H,7-12,14H2,1-6H3/t16-,17-,18?,20+,21-,22-,23?,24?,25?/m0/s1. The van der Waals surface area contributed by atoms with Crippen molar-refractivity contribution in [1.29, 1.82) is 0 Å². The van der Waals surface area contributed by atoms with Crippen LogP contribution in [0.1, 0.15) is 86.5 Å². The maximum absolute atomic E-state index is 2.94. The minimum atomic E-state index is 0.524. The second-order valence-electron chi connectivity index (χ2n) is 11.7. The highest BCUT2D eigenvalue weighted by molar-refractivity contribution is 5.37. The van der Waals surface area contributed by atoms with Crippen LogP contribution in [0.5, 0.6) is 0 Å². The van der Waals surface area contributed by atoms with Crippen LogP contribution in [0, 0.1) is 57.7 Å². The van der Waals surface area contributed by atoms with Gasteiger partial charge in [0.15, 0.2) is 0 Å². The van der Waals surface area contributed by atoms with Gasteiger partial charge in [0.05, 0.1) is 0 Å². The van der Waals surface area contributed by atoms with Crippen molar-refractivity contribution in [1.82, 2.24) is 0 Å². The Bertz CT molecular complexity index is 614. The smallest absolute Gasteiger partial charge is 0.00246 e. The number of hydrogen-bond acceptors (Lipinski definition) is 0. The fourth-order valence-corrected chi connectivity index (χ4v) is 10.0. The largest absolute Gasteiger partial charge is 0.0777 e. The van der Waals surface area contributed by atoms with Crippen LogP contribution in [-0.4, -0.2) is 0 Å². The van der Waals surface area contributed by atoms with Gasteiger partial charge in [0, 0.05) is 0 Å². The molecule has 2 spiro atoms. The second kappa shape index (κ2) is 4.96. The molecule has 6 aliphatic rings. The summed E-state index contributed by atoms with van der Waals surface area (Å²) in [6, 6.07) is 0. The van der Waals surface area contributed by atoms with Crippen LogP contribution < -0.4 is 0 Å². The highest BCUT2D eigenvalue weighted by Crippen LogP contribution is 2.82. The molecular formula is C25H40. The van der Waals surface area contributed by atoms with Gasteiger partial charge < -0.3 is 0 Å². The predicted octanol–water partition coefficient (Wildman–Crippen LogP) is 7.10. The Kier molecular flexibility index (Phi) is 3.35. The Morgan fingerprint density at radius 3 is 2.52 bits per heavy atom. The first kappa shape index (κ1) is 16.9. The lowest BCUT2D eigenvalue weighted by Crippen LogP contribution is -2.67. The van der Waals surface area contributed by atoms with Crippen LogP contribution in [0.25, 0.3) is 0 Å². The van der Waals surface area contributed by atoms with Gasteiger partial charge in [-0.25, -0.2) is 0 Å². The van der Waals surface area contributed by atoms with Gasteiger partial charge in [0.1, 0.15) is 0 Å². The quantitative estimate of drug-likeness (QED) is 0.446. The lowest BCUT2D eigenvalue weighted by Gasteiger charge is -2.73. The summed E-state index contributed by atoms with van der Waals surface area (Å²) in [6.07, 6.45) is 13.4. The van der Waals surface area contributed by atoms with Crippen molar-refractivity contribution in [2.24, 2.45) is 57.7 Å². The van der Waals surface area contributed by atoms with Crippen molar-refractivity contribution < 1.29 is 0 Å². The maximum atomic E-state index is 2.94. The van der Waals surface area contributed by atoms with E-state index in [9.17, 15) is 0 Å². The molecule has 0 heteroatoms. The van der Waals surface area contributed by atoms with Gasteiger partial charge in [-0.3, -0.25) is 0 Å². The molecule has 5 fully saturated rings. The summed E-state index contributed by atoms with van der Waals surface area (Å²) >= 11 is 0. The summed E-state index contributed by atoms with van der Waals surface area (Å²) in [4.78, 5) is 0. The van der Waals surface area contributed by atoms with E-state index >= 15 is 0 Å². The summed E-state index contributed by atoms with van der Waals surface area (Å²) in [6.45, 7) is 15.5. The van der Waals surface area contributed by atoms with E-state index in [-0.39, 0.29) is 0 Å². The summed E-state index contributed by atoms with van der Waals surface area (Å²) in [7, 11) is 0. The van der Waals surface area contributed by atoms with Gasteiger partial charge in [0.25, 0.3) is 0 Å². The highest BCUT2D eigenvalue weighted by atomic mass is 14.8. The minimum Gasteiger partial charge on any atom is -0.0777 e. The predicted molar refractivity (Wildman–Crippen MR) is 106 cm³/mol. The van der Waals surface area contributed by atoms with Gasteiger partial charge >= 0.3 is 0 Å². The molecule has 0 saturated heterocycles. The van der Waals surface area contributed by atoms with Crippen LogP contribution in [0.2, 0.25) is 0 Å². The van der Waals surface area contributed by atoms with E-state index in [0.717, 1.165) is 41.4 Å². The molecular weight excluding hydrogens is 300 g/mol. The molecule has 2 bridgehead atoms. The first-order valence-corrected chi connectivity index (χ1v) is 11.5. The zero-order chi connectivity index (χ0) is 17.8. The van der Waals surface area contributed by atoms with Gasteiger partial charge in [-0.15, -0.1) is 0 Å². The van der Waals surface area contributed by atoms with E-state index in [1.807, 2.05) is 5.57 Å². The SMILES string of the molecule is CC(C)[C@H]1CCC2=CC34C(C)C5(CC[C@H](C)[C@@H]5CC[C@@H]3C)[C@@H]4CC21C. The average molecular weight is 341 g/mol. The van der Waals surface area contributed by atoms with Crippen molar-refractivity contribution in [2.45, 2.75) is 86.5 Å². The molecule has 0 nitrogen and oxygen atoms in total. The van der Waals surface area contributed by atoms with Crippen LogP contribution in [0.4, 0.5) is 0 Å². The first-order chi connectivity index (χ1) is 11.8. The molecule has 0 aromatic carbocycles. The zero-order valence-electron chi connectivity index (χ0n) is 17.6. The number of fused-ring (bicyclic) bond motifs is 3. The molecule has 0 radical (unpaired) electrons. The van der Waals surface area contributed by atoms with Gasteiger partial charge in [-0.1, -0.05) is 53.2 Å². The van der Waals surface area contributed by atoms with E-state index in [1.165, 1.54) is 38.5 Å². The molecule has 140 valence electrons. The zero-order valence-corrected chi connectivity index (χ0v) is 17.6. The topological polar surface area (TPSA) is 0 Å². The third kappa shape index (κ3) is 1.68. The molecule has 0 aliphatic heterocycles. The van der Waals surface area contributed by atoms with Crippen molar-refractivity contribution >= 4 is 0 Å². The van der Waals surface area contributed by atoms with E-state index in [0.29, 0.717) is 16.2 Å². The third-order valence-electron chi connectivity index (χ3n) is 11.1. The summed E-state index contributed by atoms with van der Waals surface area (Å²) in [5, 5.41) is 0. The molecule has 25 heavy (non-hydrogen) atoms. The van der Waals surface area contributed by atoms with Crippen LogP contribution >= 0.6 is 0 Å². The monoisotopic (exact) mass is 340 g/mol. The normalized spacial score (nSPS) is 59.6. The Morgan fingerprint density at radius 1 is 1.04 bits per heavy atom. The van der Waals surface area contributed by atoms with E-state index in [1.54, 1.807) is 6.42 Å². The summed E-state index contributed by atoms with van der Waals surface area (Å²) in [5.74, 6) is 6.63. The molecule has 0 aromatic rings. The van der Waals surface area contributed by atoms with Crippen molar-refractivity contribution in [3.63, 3.8) is 0 Å². The maximum Gasteiger partial charge on any atom is -0.00246 e. The molecule has 0 amide bonds. The summed E-state index contributed by atoms with van der Waals surface area (Å²) < 4.78 is 0. The van der Waals surface area contributed by atoms with Crippen molar-refractivity contribution in [3.05, 3.63) is 11.6 Å². The minimum absolute atomic E-state index is 0.524. The fourth-order valence-electron chi connectivity index (χ4n) is 10.0. The number of hydrogen-bond donors (Lipinski definition) is 0. The van der Waals surface area contributed by atoms with Crippen molar-refractivity contribution in [2.75, 3.05) is 0 Å². The first-order valence-electron chi connectivity index (χ1n) is 11.5. The van der Waals surface area contributed by atoms with Crippen LogP contribution in [-0.2, 0) is 0 Å². The molecule has 4 unspecified atom stereocenters. The molecule has 5 saturated carbocycles. The van der Waals surface area contributed by atoms with Gasteiger partial charge in [-0.2, -0.15) is 0 Å². The Hall–Kier alpha value is -0.260. The van der Waals surface area contributed by atoms with E-state index in [2.05, 4.69) is 47.6 Å². The molecule has 6 aliphatic carbocycles.